The van der Waals surface area contributed by atoms with Gasteiger partial charge in [-0.2, -0.15) is 11.8 Å². The highest BCUT2D eigenvalue weighted by molar-refractivity contribution is 8.00. The Hall–Kier alpha value is -1.17. The van der Waals surface area contributed by atoms with E-state index in [1.807, 2.05) is 25.6 Å². The highest BCUT2D eigenvalue weighted by Crippen LogP contribution is 2.51. The summed E-state index contributed by atoms with van der Waals surface area (Å²) in [6.07, 6.45) is 12.0. The molecule has 0 amide bonds. The lowest BCUT2D eigenvalue weighted by atomic mass is 9.86. The monoisotopic (exact) mass is 577 g/mol. The minimum absolute atomic E-state index is 0. The molecule has 1 unspecified atom stereocenters. The van der Waals surface area contributed by atoms with Crippen molar-refractivity contribution in [1.29, 1.82) is 0 Å². The predicted molar refractivity (Wildman–Crippen MR) is 169 cm³/mol. The molecule has 0 aromatic heterocycles. The minimum Gasteiger partial charge on any atom is -0.483 e. The molecule has 39 heavy (non-hydrogen) atoms. The van der Waals surface area contributed by atoms with E-state index in [9.17, 15) is 4.79 Å². The van der Waals surface area contributed by atoms with Gasteiger partial charge in [0.25, 0.3) is 0 Å². The molecule has 1 aromatic carbocycles. The van der Waals surface area contributed by atoms with Crippen LogP contribution < -0.4 is 9.47 Å². The molecule has 1 saturated heterocycles. The summed E-state index contributed by atoms with van der Waals surface area (Å²) in [5.41, 5.74) is 4.02. The topological polar surface area (TPSA) is 38.8 Å². The molecule has 3 aliphatic heterocycles. The summed E-state index contributed by atoms with van der Waals surface area (Å²) in [5.74, 6) is 4.09. The van der Waals surface area contributed by atoms with Crippen molar-refractivity contribution in [2.45, 2.75) is 111 Å². The zero-order valence-corrected chi connectivity index (χ0v) is 27.0. The fraction of sp³-hybridized carbons (Fsp3) is 0.727. The van der Waals surface area contributed by atoms with Gasteiger partial charge in [-0.25, -0.2) is 0 Å². The molecule has 0 spiro atoms. The first kappa shape index (κ1) is 32.3. The zero-order chi connectivity index (χ0) is 27.3. The van der Waals surface area contributed by atoms with Crippen LogP contribution in [0.4, 0.5) is 0 Å². The number of ether oxygens (including phenoxy) is 2. The van der Waals surface area contributed by atoms with Crippen molar-refractivity contribution in [1.82, 2.24) is 4.90 Å². The maximum absolute atomic E-state index is 13.6. The molecule has 0 aliphatic carbocycles. The Bertz CT molecular complexity index is 1010. The van der Waals surface area contributed by atoms with E-state index in [2.05, 4.69) is 44.7 Å². The number of halogens is 1. The van der Waals surface area contributed by atoms with Gasteiger partial charge < -0.3 is 14.4 Å². The standard InChI is InChI=1S/C33H51NO3S.ClH/c1-7-8-10-13-24(2)14-15-25-20-28(30-26-22-38-23-27(26)33(5,6)37-29(30)21-25)36-31(35)32(3,4)16-19-34-17-11-9-12-18-34;/h20-21,24H,7-19,22-23H2,1-6H3;1H. The Morgan fingerprint density at radius 3 is 2.59 bits per heavy atom. The predicted octanol–water partition coefficient (Wildman–Crippen LogP) is 8.74. The lowest BCUT2D eigenvalue weighted by Gasteiger charge is -2.36. The largest absolute Gasteiger partial charge is 0.483 e. The highest BCUT2D eigenvalue weighted by Gasteiger charge is 2.40. The van der Waals surface area contributed by atoms with E-state index in [0.29, 0.717) is 11.7 Å². The number of thioether (sulfide) groups is 1. The van der Waals surface area contributed by atoms with Crippen LogP contribution in [0.2, 0.25) is 0 Å². The van der Waals surface area contributed by atoms with Crippen molar-refractivity contribution < 1.29 is 14.3 Å². The first-order valence-corrected chi connectivity index (χ1v) is 16.4. The van der Waals surface area contributed by atoms with Crippen molar-refractivity contribution in [2.75, 3.05) is 31.1 Å². The Balaban J connectivity index is 0.00000420. The van der Waals surface area contributed by atoms with Gasteiger partial charge in [0, 0.05) is 11.5 Å². The van der Waals surface area contributed by atoms with Crippen molar-refractivity contribution in [2.24, 2.45) is 11.3 Å². The number of carbonyl (C=O) groups excluding carboxylic acids is 1. The minimum atomic E-state index is -0.537. The summed E-state index contributed by atoms with van der Waals surface area (Å²) in [4.78, 5) is 16.1. The maximum Gasteiger partial charge on any atom is 0.316 e. The number of rotatable bonds is 12. The number of benzene rings is 1. The molecule has 4 nitrogen and oxygen atoms in total. The molecule has 1 atom stereocenters. The Morgan fingerprint density at radius 1 is 1.13 bits per heavy atom. The lowest BCUT2D eigenvalue weighted by molar-refractivity contribution is -0.144. The van der Waals surface area contributed by atoms with E-state index in [1.165, 1.54) is 61.7 Å². The van der Waals surface area contributed by atoms with Crippen LogP contribution in [0.15, 0.2) is 17.7 Å². The molecule has 0 radical (unpaired) electrons. The van der Waals surface area contributed by atoms with E-state index < -0.39 is 5.41 Å². The molecule has 6 heteroatoms. The second-order valence-electron chi connectivity index (χ2n) is 13.1. The molecule has 0 bridgehead atoms. The van der Waals surface area contributed by atoms with Gasteiger partial charge in [0.05, 0.1) is 11.0 Å². The number of piperidine rings is 1. The summed E-state index contributed by atoms with van der Waals surface area (Å²) in [5, 5.41) is 0. The number of fused-ring (bicyclic) bond motifs is 2. The van der Waals surface area contributed by atoms with Crippen LogP contribution in [0.3, 0.4) is 0 Å². The van der Waals surface area contributed by atoms with Gasteiger partial charge in [-0.1, -0.05) is 46.0 Å². The number of nitrogens with zero attached hydrogens (tertiary/aromatic N) is 1. The second-order valence-corrected chi connectivity index (χ2v) is 14.1. The molecule has 0 saturated carbocycles. The van der Waals surface area contributed by atoms with Crippen molar-refractivity contribution >= 4 is 35.7 Å². The van der Waals surface area contributed by atoms with E-state index in [0.717, 1.165) is 61.7 Å². The van der Waals surface area contributed by atoms with Gasteiger partial charge in [-0.05, 0) is 114 Å². The highest BCUT2D eigenvalue weighted by atomic mass is 35.5. The molecule has 4 rings (SSSR count). The van der Waals surface area contributed by atoms with E-state index in [4.69, 9.17) is 9.47 Å². The molecular formula is C33H52ClNO3S. The Morgan fingerprint density at radius 2 is 1.87 bits per heavy atom. The number of aryl methyl sites for hydroxylation is 1. The number of carbonyl (C=O) groups is 1. The zero-order valence-electron chi connectivity index (χ0n) is 25.3. The summed E-state index contributed by atoms with van der Waals surface area (Å²) in [6.45, 7) is 16.3. The first-order chi connectivity index (χ1) is 18.1. The van der Waals surface area contributed by atoms with Gasteiger partial charge in [0.15, 0.2) is 0 Å². The normalized spacial score (nSPS) is 19.5. The average molecular weight is 578 g/mol. The van der Waals surface area contributed by atoms with Gasteiger partial charge in [-0.3, -0.25) is 4.79 Å². The fourth-order valence-electron chi connectivity index (χ4n) is 6.03. The third kappa shape index (κ3) is 8.20. The molecular weight excluding hydrogens is 526 g/mol. The molecule has 1 aromatic rings. The smallest absolute Gasteiger partial charge is 0.316 e. The number of unbranched alkanes of at least 4 members (excludes halogenated alkanes) is 2. The molecule has 220 valence electrons. The number of esters is 1. The summed E-state index contributed by atoms with van der Waals surface area (Å²) >= 11 is 1.93. The van der Waals surface area contributed by atoms with Crippen LogP contribution in [0, 0.1) is 11.3 Å². The Labute approximate surface area is 248 Å². The number of hydrogen-bond acceptors (Lipinski definition) is 5. The van der Waals surface area contributed by atoms with Gasteiger partial charge in [-0.15, -0.1) is 12.4 Å². The fourth-order valence-corrected chi connectivity index (χ4v) is 7.38. The third-order valence-corrected chi connectivity index (χ3v) is 9.85. The van der Waals surface area contributed by atoms with Crippen LogP contribution in [0.5, 0.6) is 11.5 Å². The van der Waals surface area contributed by atoms with Crippen LogP contribution in [-0.2, 0) is 11.2 Å². The summed E-state index contributed by atoms with van der Waals surface area (Å²) < 4.78 is 13.0. The van der Waals surface area contributed by atoms with Crippen molar-refractivity contribution in [3.05, 3.63) is 28.8 Å². The molecule has 3 aliphatic rings. The van der Waals surface area contributed by atoms with E-state index in [-0.39, 0.29) is 24.0 Å². The molecule has 3 heterocycles. The molecule has 1 fully saturated rings. The maximum atomic E-state index is 13.6. The van der Waals surface area contributed by atoms with Gasteiger partial charge in [0.2, 0.25) is 0 Å². The van der Waals surface area contributed by atoms with Crippen molar-refractivity contribution in [3.63, 3.8) is 0 Å². The van der Waals surface area contributed by atoms with Crippen LogP contribution in [0.1, 0.15) is 110 Å². The summed E-state index contributed by atoms with van der Waals surface area (Å²) in [6, 6.07) is 4.37. The average Bonchev–Trinajstić information content (AvgIpc) is 3.38. The van der Waals surface area contributed by atoms with Gasteiger partial charge in [0.1, 0.15) is 17.1 Å². The van der Waals surface area contributed by atoms with Crippen LogP contribution >= 0.6 is 24.2 Å². The van der Waals surface area contributed by atoms with E-state index in [1.54, 1.807) is 0 Å². The first-order valence-electron chi connectivity index (χ1n) is 15.2. The second kappa shape index (κ2) is 14.1. The lowest BCUT2D eigenvalue weighted by Crippen LogP contribution is -2.37. The SMILES string of the molecule is CCCCCC(C)CCc1cc(OC(=O)C(C)(C)CCN2CCCCC2)c2c(c1)OC(C)(C)C1=C2CSC1.Cl. The van der Waals surface area contributed by atoms with Crippen LogP contribution in [0.25, 0.3) is 5.57 Å². The van der Waals surface area contributed by atoms with Crippen molar-refractivity contribution in [3.8, 4) is 11.5 Å². The Kier molecular flexibility index (Phi) is 11.7. The summed E-state index contributed by atoms with van der Waals surface area (Å²) in [7, 11) is 0. The quantitative estimate of drug-likeness (QED) is 0.141. The number of hydrogen-bond donors (Lipinski definition) is 0. The number of likely N-dealkylation sites (tertiary alicyclic amines) is 1. The molecule has 0 N–H and O–H groups in total. The van der Waals surface area contributed by atoms with Crippen LogP contribution in [-0.4, -0.2) is 47.6 Å². The third-order valence-electron chi connectivity index (χ3n) is 8.86. The van der Waals surface area contributed by atoms with E-state index >= 15 is 0 Å². The van der Waals surface area contributed by atoms with Gasteiger partial charge >= 0.3 is 5.97 Å².